The van der Waals surface area contributed by atoms with E-state index in [1.165, 1.54) is 0 Å². The van der Waals surface area contributed by atoms with Crippen molar-refractivity contribution >= 4 is 7.92 Å². The summed E-state index contributed by atoms with van der Waals surface area (Å²) in [7, 11) is 0.262. The van der Waals surface area contributed by atoms with Crippen LogP contribution in [0.3, 0.4) is 0 Å². The fourth-order valence-corrected chi connectivity index (χ4v) is 5.37. The van der Waals surface area contributed by atoms with E-state index >= 15 is 0 Å². The first-order chi connectivity index (χ1) is 4.46. The van der Waals surface area contributed by atoms with E-state index in [1.54, 1.807) is 0 Å². The van der Waals surface area contributed by atoms with Gasteiger partial charge in [-0.3, -0.25) is 0 Å². The summed E-state index contributed by atoms with van der Waals surface area (Å²) in [5, 5.41) is 0. The summed E-state index contributed by atoms with van der Waals surface area (Å²) < 4.78 is 0. The van der Waals surface area contributed by atoms with Crippen LogP contribution in [-0.2, 0) is 19.5 Å². The Balaban J connectivity index is 0. The van der Waals surface area contributed by atoms with E-state index in [-0.39, 0.29) is 27.4 Å². The molecule has 0 aliphatic carbocycles. The molecule has 0 amide bonds. The minimum atomic E-state index is 0. The van der Waals surface area contributed by atoms with Crippen LogP contribution in [0.1, 0.15) is 41.5 Å². The molecular weight excluding hydrogens is 240 g/mol. The van der Waals surface area contributed by atoms with Crippen LogP contribution in [0, 0.1) is 0 Å². The molecule has 0 unspecified atom stereocenters. The van der Waals surface area contributed by atoms with Crippen molar-refractivity contribution in [3.63, 3.8) is 0 Å². The van der Waals surface area contributed by atoms with Crippen LogP contribution in [0.5, 0.6) is 0 Å². The number of hydrogen-bond donors (Lipinski definition) is 0. The molecular formula is C9H21PRu+2. The molecule has 0 aromatic carbocycles. The van der Waals surface area contributed by atoms with Gasteiger partial charge in [0.1, 0.15) is 0 Å². The quantitative estimate of drug-likeness (QED) is 0.537. The molecule has 0 heterocycles. The molecule has 0 aromatic heterocycles. The zero-order valence-corrected chi connectivity index (χ0v) is 11.2. The third kappa shape index (κ3) is 5.32. The average Bonchev–Trinajstić information content (AvgIpc) is 1.59. The van der Waals surface area contributed by atoms with Crippen molar-refractivity contribution in [2.45, 2.75) is 58.5 Å². The van der Waals surface area contributed by atoms with Gasteiger partial charge >= 0.3 is 19.5 Å². The van der Waals surface area contributed by atoms with Gasteiger partial charge in [-0.05, 0) is 17.0 Å². The third-order valence-electron chi connectivity index (χ3n) is 1.79. The summed E-state index contributed by atoms with van der Waals surface area (Å²) in [6.45, 7) is 14.1. The van der Waals surface area contributed by atoms with Crippen LogP contribution in [0.25, 0.3) is 0 Å². The first-order valence-corrected chi connectivity index (χ1v) is 5.79. The molecule has 0 aliphatic heterocycles. The maximum Gasteiger partial charge on any atom is 2.00 e. The van der Waals surface area contributed by atoms with Crippen molar-refractivity contribution < 1.29 is 19.5 Å². The number of hydrogen-bond acceptors (Lipinski definition) is 0. The SMILES string of the molecule is CC(C)P(C(C)C)C(C)C.[Ru+2]. The van der Waals surface area contributed by atoms with Crippen molar-refractivity contribution in [2.24, 2.45) is 0 Å². The van der Waals surface area contributed by atoms with E-state index in [9.17, 15) is 0 Å². The van der Waals surface area contributed by atoms with Gasteiger partial charge in [0.2, 0.25) is 0 Å². The Labute approximate surface area is 86.0 Å². The van der Waals surface area contributed by atoms with Gasteiger partial charge in [0.25, 0.3) is 0 Å². The van der Waals surface area contributed by atoms with Crippen LogP contribution < -0.4 is 0 Å². The Morgan fingerprint density at radius 3 is 0.818 bits per heavy atom. The van der Waals surface area contributed by atoms with Gasteiger partial charge in [-0.25, -0.2) is 0 Å². The molecule has 0 N–H and O–H groups in total. The van der Waals surface area contributed by atoms with Crippen molar-refractivity contribution in [3.05, 3.63) is 0 Å². The molecule has 2 heteroatoms. The molecule has 0 saturated heterocycles. The smallest absolute Gasteiger partial charge is 0.0988 e. The molecule has 0 aromatic rings. The Hall–Kier alpha value is 1.05. The van der Waals surface area contributed by atoms with Crippen LogP contribution in [0.2, 0.25) is 0 Å². The van der Waals surface area contributed by atoms with Crippen LogP contribution >= 0.6 is 7.92 Å². The zero-order chi connectivity index (χ0) is 8.31. The van der Waals surface area contributed by atoms with Gasteiger partial charge in [0.15, 0.2) is 0 Å². The van der Waals surface area contributed by atoms with Crippen molar-refractivity contribution in [1.29, 1.82) is 0 Å². The predicted octanol–water partition coefficient (Wildman–Crippen LogP) is 3.69. The Morgan fingerprint density at radius 2 is 0.818 bits per heavy atom. The largest absolute Gasteiger partial charge is 2.00 e. The van der Waals surface area contributed by atoms with Crippen molar-refractivity contribution in [3.8, 4) is 0 Å². The third-order valence-corrected chi connectivity index (χ3v) is 5.37. The summed E-state index contributed by atoms with van der Waals surface area (Å²) in [5.74, 6) is 0. The Morgan fingerprint density at radius 1 is 0.636 bits per heavy atom. The molecule has 0 bridgehead atoms. The minimum Gasteiger partial charge on any atom is -0.0988 e. The summed E-state index contributed by atoms with van der Waals surface area (Å²) in [5.41, 5.74) is 2.69. The molecule has 0 spiro atoms. The molecule has 0 aliphatic rings. The first kappa shape index (κ1) is 14.6. The van der Waals surface area contributed by atoms with Gasteiger partial charge in [-0.2, -0.15) is 0 Å². The molecule has 0 atom stereocenters. The van der Waals surface area contributed by atoms with Gasteiger partial charge in [-0.1, -0.05) is 49.5 Å². The topological polar surface area (TPSA) is 0 Å². The van der Waals surface area contributed by atoms with Gasteiger partial charge < -0.3 is 0 Å². The van der Waals surface area contributed by atoms with Gasteiger partial charge in [0, 0.05) is 0 Å². The van der Waals surface area contributed by atoms with Gasteiger partial charge in [0.05, 0.1) is 0 Å². The van der Waals surface area contributed by atoms with Crippen LogP contribution in [0.4, 0.5) is 0 Å². The number of rotatable bonds is 3. The fourth-order valence-electron chi connectivity index (χ4n) is 1.79. The summed E-state index contributed by atoms with van der Waals surface area (Å²) in [6, 6.07) is 0. The Kier molecular flexibility index (Phi) is 8.68. The normalized spacial score (nSPS) is 11.5. The molecule has 0 saturated carbocycles. The maximum absolute atomic E-state index is 2.35. The second-order valence-electron chi connectivity index (χ2n) is 3.73. The molecule has 0 nitrogen and oxygen atoms in total. The van der Waals surface area contributed by atoms with Crippen molar-refractivity contribution in [1.82, 2.24) is 0 Å². The zero-order valence-electron chi connectivity index (χ0n) is 8.53. The van der Waals surface area contributed by atoms with Crippen LogP contribution in [0.15, 0.2) is 0 Å². The van der Waals surface area contributed by atoms with E-state index in [0.29, 0.717) is 0 Å². The van der Waals surface area contributed by atoms with E-state index < -0.39 is 0 Å². The monoisotopic (exact) mass is 262 g/mol. The fraction of sp³-hybridized carbons (Fsp3) is 1.00. The van der Waals surface area contributed by atoms with E-state index in [0.717, 1.165) is 17.0 Å². The van der Waals surface area contributed by atoms with E-state index in [1.807, 2.05) is 0 Å². The maximum atomic E-state index is 2.35. The second kappa shape index (κ2) is 6.56. The molecule has 0 radical (unpaired) electrons. The van der Waals surface area contributed by atoms with E-state index in [2.05, 4.69) is 41.5 Å². The summed E-state index contributed by atoms with van der Waals surface area (Å²) in [6.07, 6.45) is 0. The predicted molar refractivity (Wildman–Crippen MR) is 52.3 cm³/mol. The summed E-state index contributed by atoms with van der Waals surface area (Å²) >= 11 is 0. The standard InChI is InChI=1S/C9H21P.Ru/c1-7(2)10(8(3)4)9(5)6;/h7-9H,1-6H3;/q;+2. The molecule has 11 heavy (non-hydrogen) atoms. The molecule has 0 rings (SSSR count). The van der Waals surface area contributed by atoms with Gasteiger partial charge in [-0.15, -0.1) is 0 Å². The van der Waals surface area contributed by atoms with Crippen LogP contribution in [-0.4, -0.2) is 17.0 Å². The average molecular weight is 261 g/mol. The summed E-state index contributed by atoms with van der Waals surface area (Å²) in [4.78, 5) is 0. The second-order valence-corrected chi connectivity index (χ2v) is 7.72. The molecule has 0 fully saturated rings. The molecule has 68 valence electrons. The first-order valence-electron chi connectivity index (χ1n) is 4.24. The van der Waals surface area contributed by atoms with Crippen molar-refractivity contribution in [2.75, 3.05) is 0 Å². The Bertz CT molecular complexity index is 70.5. The van der Waals surface area contributed by atoms with E-state index in [4.69, 9.17) is 0 Å². The minimum absolute atomic E-state index is 0.